The Morgan fingerprint density at radius 1 is 1.24 bits per heavy atom. The van der Waals surface area contributed by atoms with Crippen LogP contribution in [0, 0.1) is 6.92 Å². The first-order chi connectivity index (χ1) is 16.0. The van der Waals surface area contributed by atoms with Crippen molar-refractivity contribution in [3.05, 3.63) is 53.5 Å². The summed E-state index contributed by atoms with van der Waals surface area (Å²) in [6, 6.07) is 9.48. The molecule has 8 heteroatoms. The topological polar surface area (TPSA) is 84.6 Å². The van der Waals surface area contributed by atoms with E-state index < -0.39 is 0 Å². The molecule has 4 rings (SSSR count). The molecule has 1 aliphatic heterocycles. The molecule has 0 spiro atoms. The highest BCUT2D eigenvalue weighted by atomic mass is 16.5. The molecule has 1 aliphatic rings. The summed E-state index contributed by atoms with van der Waals surface area (Å²) in [5.41, 5.74) is 3.35. The number of hydrogen-bond acceptors (Lipinski definition) is 7. The molecular weight excluding hydrogens is 418 g/mol. The Labute approximate surface area is 194 Å². The lowest BCUT2D eigenvalue weighted by atomic mass is 9.94. The summed E-state index contributed by atoms with van der Waals surface area (Å²) in [5.74, 6) is 2.13. The summed E-state index contributed by atoms with van der Waals surface area (Å²) in [5, 5.41) is 4.04. The van der Waals surface area contributed by atoms with Crippen LogP contribution in [-0.2, 0) is 11.2 Å². The number of carbonyl (C=O) groups excluding carboxylic acids is 1. The fourth-order valence-electron chi connectivity index (χ4n) is 4.20. The smallest absolute Gasteiger partial charge is 0.227 e. The number of anilines is 1. The van der Waals surface area contributed by atoms with Crippen LogP contribution in [0.3, 0.4) is 0 Å². The number of aromatic nitrogens is 3. The van der Waals surface area contributed by atoms with Crippen molar-refractivity contribution in [1.82, 2.24) is 20.0 Å². The number of ether oxygens (including phenoxy) is 1. The number of rotatable bonds is 7. The lowest BCUT2D eigenvalue weighted by Crippen LogP contribution is -2.40. The van der Waals surface area contributed by atoms with Gasteiger partial charge >= 0.3 is 0 Å². The van der Waals surface area contributed by atoms with E-state index in [9.17, 15) is 4.79 Å². The Morgan fingerprint density at radius 2 is 2.03 bits per heavy atom. The minimum Gasteiger partial charge on any atom is -0.494 e. The number of aryl methyl sites for hydroxylation is 1. The number of piperidine rings is 1. The zero-order valence-corrected chi connectivity index (χ0v) is 19.7. The van der Waals surface area contributed by atoms with Gasteiger partial charge in [-0.25, -0.2) is 9.97 Å². The summed E-state index contributed by atoms with van der Waals surface area (Å²) in [6.07, 6.45) is 4.98. The second-order valence-electron chi connectivity index (χ2n) is 8.55. The van der Waals surface area contributed by atoms with Crippen molar-refractivity contribution in [3.63, 3.8) is 0 Å². The Bertz CT molecular complexity index is 1090. The van der Waals surface area contributed by atoms with Gasteiger partial charge in [-0.1, -0.05) is 17.3 Å². The fraction of sp³-hybridized carbons (Fsp3) is 0.440. The van der Waals surface area contributed by atoms with E-state index in [4.69, 9.17) is 14.2 Å². The van der Waals surface area contributed by atoms with E-state index in [0.717, 1.165) is 47.5 Å². The monoisotopic (exact) mass is 449 g/mol. The Hall–Kier alpha value is -3.42. The molecule has 1 aromatic carbocycles. The molecule has 1 saturated heterocycles. The maximum absolute atomic E-state index is 13.4. The average molecular weight is 450 g/mol. The van der Waals surface area contributed by atoms with E-state index in [2.05, 4.69) is 10.1 Å². The number of hydrogen-bond donors (Lipinski definition) is 0. The highest BCUT2D eigenvalue weighted by molar-refractivity contribution is 5.80. The van der Waals surface area contributed by atoms with Crippen LogP contribution in [-0.4, -0.2) is 53.2 Å². The third kappa shape index (κ3) is 5.16. The quantitative estimate of drug-likeness (QED) is 0.534. The van der Waals surface area contributed by atoms with Gasteiger partial charge in [-0.3, -0.25) is 4.79 Å². The molecule has 1 atom stereocenters. The molecule has 3 heterocycles. The van der Waals surface area contributed by atoms with Crippen molar-refractivity contribution in [2.45, 2.75) is 45.6 Å². The minimum absolute atomic E-state index is 0.0913. The third-order valence-corrected chi connectivity index (χ3v) is 5.83. The lowest BCUT2D eigenvalue weighted by molar-refractivity contribution is -0.134. The lowest BCUT2D eigenvalue weighted by Gasteiger charge is -2.36. The van der Waals surface area contributed by atoms with Gasteiger partial charge in [0.15, 0.2) is 5.76 Å². The van der Waals surface area contributed by atoms with Crippen LogP contribution in [0.15, 0.2) is 41.1 Å². The van der Waals surface area contributed by atoms with Crippen molar-refractivity contribution >= 4 is 11.9 Å². The number of benzene rings is 1. The van der Waals surface area contributed by atoms with E-state index >= 15 is 0 Å². The van der Waals surface area contributed by atoms with Crippen LogP contribution >= 0.6 is 0 Å². The van der Waals surface area contributed by atoms with E-state index in [1.165, 1.54) is 0 Å². The third-order valence-electron chi connectivity index (χ3n) is 5.83. The van der Waals surface area contributed by atoms with Gasteiger partial charge in [-0.2, -0.15) is 0 Å². The summed E-state index contributed by atoms with van der Waals surface area (Å²) >= 11 is 0. The largest absolute Gasteiger partial charge is 0.494 e. The molecule has 3 aromatic rings. The highest BCUT2D eigenvalue weighted by Crippen LogP contribution is 2.37. The first-order valence-electron chi connectivity index (χ1n) is 11.5. The van der Waals surface area contributed by atoms with Gasteiger partial charge in [0, 0.05) is 32.9 Å². The van der Waals surface area contributed by atoms with Crippen molar-refractivity contribution in [2.24, 2.45) is 0 Å². The van der Waals surface area contributed by atoms with Crippen LogP contribution in [0.2, 0.25) is 0 Å². The molecule has 0 radical (unpaired) electrons. The molecule has 174 valence electrons. The Balaban J connectivity index is 1.64. The molecule has 33 heavy (non-hydrogen) atoms. The highest BCUT2D eigenvalue weighted by Gasteiger charge is 2.32. The zero-order chi connectivity index (χ0) is 23.4. The molecule has 2 aromatic heterocycles. The average Bonchev–Trinajstić information content (AvgIpc) is 3.26. The molecule has 0 aliphatic carbocycles. The summed E-state index contributed by atoms with van der Waals surface area (Å²) < 4.78 is 11.1. The van der Waals surface area contributed by atoms with Crippen LogP contribution in [0.25, 0.3) is 11.3 Å². The minimum atomic E-state index is -0.143. The molecule has 8 nitrogen and oxygen atoms in total. The first kappa shape index (κ1) is 22.8. The summed E-state index contributed by atoms with van der Waals surface area (Å²) in [6.45, 7) is 5.16. The zero-order valence-electron chi connectivity index (χ0n) is 19.7. The van der Waals surface area contributed by atoms with Crippen molar-refractivity contribution in [1.29, 1.82) is 0 Å². The van der Waals surface area contributed by atoms with Gasteiger partial charge < -0.3 is 19.1 Å². The van der Waals surface area contributed by atoms with Gasteiger partial charge in [0.25, 0.3) is 0 Å². The van der Waals surface area contributed by atoms with E-state index in [1.54, 1.807) is 6.20 Å². The first-order valence-corrected chi connectivity index (χ1v) is 11.5. The van der Waals surface area contributed by atoms with E-state index in [1.807, 2.05) is 68.1 Å². The second kappa shape index (κ2) is 10.0. The van der Waals surface area contributed by atoms with Gasteiger partial charge in [-0.15, -0.1) is 0 Å². The van der Waals surface area contributed by atoms with Crippen LogP contribution in [0.1, 0.15) is 49.2 Å². The van der Waals surface area contributed by atoms with Crippen LogP contribution in [0.4, 0.5) is 5.95 Å². The summed E-state index contributed by atoms with van der Waals surface area (Å²) in [7, 11) is 3.82. The molecule has 0 saturated carbocycles. The summed E-state index contributed by atoms with van der Waals surface area (Å²) in [4.78, 5) is 26.6. The second-order valence-corrected chi connectivity index (χ2v) is 8.55. The van der Waals surface area contributed by atoms with Gasteiger partial charge in [0.1, 0.15) is 5.75 Å². The van der Waals surface area contributed by atoms with Crippen LogP contribution < -0.4 is 9.64 Å². The molecule has 0 unspecified atom stereocenters. The number of likely N-dealkylation sites (tertiary alicyclic amines) is 1. The molecule has 1 fully saturated rings. The van der Waals surface area contributed by atoms with Gasteiger partial charge in [-0.05, 0) is 50.8 Å². The standard InChI is InChI=1S/C25H31N5O3/c1-5-32-19-11-9-18(10-12-19)15-23(31)30-13-7-6-8-21(30)24-20(22-14-17(2)28-33-22)16-26-25(27-24)29(3)4/h9-12,14,16,21H,5-8,13,15H2,1-4H3/t21-/m1/s1. The van der Waals surface area contributed by atoms with Crippen LogP contribution in [0.5, 0.6) is 5.75 Å². The Morgan fingerprint density at radius 3 is 2.70 bits per heavy atom. The van der Waals surface area contributed by atoms with Crippen molar-refractivity contribution < 1.29 is 14.1 Å². The Kier molecular flexibility index (Phi) is 6.91. The predicted octanol–water partition coefficient (Wildman–Crippen LogP) is 4.20. The maximum Gasteiger partial charge on any atom is 0.227 e. The molecule has 0 N–H and O–H groups in total. The van der Waals surface area contributed by atoms with Gasteiger partial charge in [0.05, 0.1) is 36.0 Å². The van der Waals surface area contributed by atoms with E-state index in [-0.39, 0.29) is 11.9 Å². The normalized spacial score (nSPS) is 16.0. The number of carbonyl (C=O) groups is 1. The molecule has 1 amide bonds. The molecule has 0 bridgehead atoms. The SMILES string of the molecule is CCOc1ccc(CC(=O)N2CCCC[C@@H]2c2nc(N(C)C)ncc2-c2cc(C)no2)cc1. The number of amides is 1. The van der Waals surface area contributed by atoms with Gasteiger partial charge in [0.2, 0.25) is 11.9 Å². The van der Waals surface area contributed by atoms with Crippen molar-refractivity contribution in [2.75, 3.05) is 32.1 Å². The molecular formula is C25H31N5O3. The van der Waals surface area contributed by atoms with Crippen molar-refractivity contribution in [3.8, 4) is 17.1 Å². The predicted molar refractivity (Wildman–Crippen MR) is 126 cm³/mol. The number of nitrogens with zero attached hydrogens (tertiary/aromatic N) is 5. The van der Waals surface area contributed by atoms with E-state index in [0.29, 0.717) is 31.3 Å². The fourth-order valence-corrected chi connectivity index (χ4v) is 4.20. The maximum atomic E-state index is 13.4.